The Hall–Kier alpha value is -2.27. The monoisotopic (exact) mass is 426 g/mol. The Kier molecular flexibility index (Phi) is 9.44. The van der Waals surface area contributed by atoms with E-state index in [1.165, 1.54) is 11.1 Å². The van der Waals surface area contributed by atoms with Gasteiger partial charge in [-0.25, -0.2) is 0 Å². The molecular formula is C25H34N2O2S. The summed E-state index contributed by atoms with van der Waals surface area (Å²) in [5, 5.41) is 2.97. The lowest BCUT2D eigenvalue weighted by molar-refractivity contribution is -0.139. The van der Waals surface area contributed by atoms with Crippen LogP contribution in [0.1, 0.15) is 49.4 Å². The van der Waals surface area contributed by atoms with E-state index in [4.69, 9.17) is 0 Å². The van der Waals surface area contributed by atoms with Crippen molar-refractivity contribution < 1.29 is 9.59 Å². The third-order valence-corrected chi connectivity index (χ3v) is 5.86. The number of hydrogen-bond acceptors (Lipinski definition) is 3. The standard InChI is InChI=1S/C25H34N2O2S/c1-6-23(25(29)26-18(2)3)27(15-22-9-7-8-20(5)14-22)24(28)17-30-16-21-12-10-19(4)11-13-21/h7-14,18,23H,6,15-17H2,1-5H3,(H,26,29). The summed E-state index contributed by atoms with van der Waals surface area (Å²) in [5.74, 6) is 1.04. The Morgan fingerprint density at radius 1 is 1.00 bits per heavy atom. The van der Waals surface area contributed by atoms with Gasteiger partial charge in [0.05, 0.1) is 5.75 Å². The number of carbonyl (C=O) groups excluding carboxylic acids is 2. The molecule has 0 aliphatic rings. The Morgan fingerprint density at radius 3 is 2.30 bits per heavy atom. The van der Waals surface area contributed by atoms with Crippen molar-refractivity contribution in [2.75, 3.05) is 5.75 Å². The summed E-state index contributed by atoms with van der Waals surface area (Å²) in [6.07, 6.45) is 0.582. The fourth-order valence-corrected chi connectivity index (χ4v) is 4.20. The number of nitrogens with one attached hydrogen (secondary N) is 1. The first-order chi connectivity index (χ1) is 14.3. The van der Waals surface area contributed by atoms with E-state index < -0.39 is 6.04 Å². The van der Waals surface area contributed by atoms with Crippen molar-refractivity contribution in [1.29, 1.82) is 0 Å². The van der Waals surface area contributed by atoms with E-state index in [-0.39, 0.29) is 17.9 Å². The van der Waals surface area contributed by atoms with Gasteiger partial charge in [0.15, 0.2) is 0 Å². The predicted molar refractivity (Wildman–Crippen MR) is 126 cm³/mol. The van der Waals surface area contributed by atoms with E-state index in [1.807, 2.05) is 45.9 Å². The highest BCUT2D eigenvalue weighted by molar-refractivity contribution is 7.99. The maximum atomic E-state index is 13.2. The van der Waals surface area contributed by atoms with Crippen molar-refractivity contribution in [3.8, 4) is 0 Å². The first kappa shape index (κ1) is 24.0. The lowest BCUT2D eigenvalue weighted by atomic mass is 10.1. The lowest BCUT2D eigenvalue weighted by Gasteiger charge is -2.31. The van der Waals surface area contributed by atoms with Crippen LogP contribution in [0.5, 0.6) is 0 Å². The molecule has 2 aromatic carbocycles. The average Bonchev–Trinajstić information content (AvgIpc) is 2.68. The van der Waals surface area contributed by atoms with E-state index in [0.717, 1.165) is 16.9 Å². The van der Waals surface area contributed by atoms with Crippen LogP contribution in [-0.2, 0) is 21.9 Å². The first-order valence-electron chi connectivity index (χ1n) is 10.6. The maximum absolute atomic E-state index is 13.2. The zero-order chi connectivity index (χ0) is 22.1. The van der Waals surface area contributed by atoms with Crippen LogP contribution in [0.3, 0.4) is 0 Å². The summed E-state index contributed by atoms with van der Waals surface area (Å²) in [4.78, 5) is 27.7. The second kappa shape index (κ2) is 11.8. The van der Waals surface area contributed by atoms with Gasteiger partial charge in [0.25, 0.3) is 0 Å². The van der Waals surface area contributed by atoms with Gasteiger partial charge in [-0.2, -0.15) is 0 Å². The molecule has 0 aromatic heterocycles. The van der Waals surface area contributed by atoms with Crippen molar-refractivity contribution in [3.63, 3.8) is 0 Å². The van der Waals surface area contributed by atoms with Crippen LogP contribution in [0.2, 0.25) is 0 Å². The lowest BCUT2D eigenvalue weighted by Crippen LogP contribution is -2.50. The van der Waals surface area contributed by atoms with Gasteiger partial charge in [-0.3, -0.25) is 9.59 Å². The van der Waals surface area contributed by atoms with Crippen LogP contribution < -0.4 is 5.32 Å². The number of amides is 2. The Balaban J connectivity index is 2.12. The zero-order valence-electron chi connectivity index (χ0n) is 18.8. The maximum Gasteiger partial charge on any atom is 0.243 e. The number of carbonyl (C=O) groups is 2. The summed E-state index contributed by atoms with van der Waals surface area (Å²) in [6, 6.07) is 16.1. The molecule has 0 saturated heterocycles. The normalized spacial score (nSPS) is 11.9. The molecule has 1 unspecified atom stereocenters. The van der Waals surface area contributed by atoms with Crippen molar-refractivity contribution >= 4 is 23.6 Å². The molecule has 0 saturated carbocycles. The van der Waals surface area contributed by atoms with Gasteiger partial charge in [-0.1, -0.05) is 66.6 Å². The highest BCUT2D eigenvalue weighted by Crippen LogP contribution is 2.18. The van der Waals surface area contributed by atoms with Crippen molar-refractivity contribution in [1.82, 2.24) is 10.2 Å². The first-order valence-corrected chi connectivity index (χ1v) is 11.7. The van der Waals surface area contributed by atoms with Crippen LogP contribution in [0.15, 0.2) is 48.5 Å². The molecule has 1 atom stereocenters. The number of nitrogens with zero attached hydrogens (tertiary/aromatic N) is 1. The summed E-state index contributed by atoms with van der Waals surface area (Å²) in [7, 11) is 0. The molecule has 2 rings (SSSR count). The van der Waals surface area contributed by atoms with Gasteiger partial charge >= 0.3 is 0 Å². The molecule has 0 aliphatic carbocycles. The van der Waals surface area contributed by atoms with Gasteiger partial charge in [-0.15, -0.1) is 11.8 Å². The van der Waals surface area contributed by atoms with E-state index in [2.05, 4.69) is 42.6 Å². The van der Waals surface area contributed by atoms with Gasteiger partial charge in [-0.05, 0) is 45.2 Å². The Bertz CT molecular complexity index is 833. The quantitative estimate of drug-likeness (QED) is 0.590. The third-order valence-electron chi connectivity index (χ3n) is 4.87. The largest absolute Gasteiger partial charge is 0.352 e. The van der Waals surface area contributed by atoms with Gasteiger partial charge < -0.3 is 10.2 Å². The van der Waals surface area contributed by atoms with Crippen molar-refractivity contribution in [2.45, 2.75) is 65.4 Å². The molecule has 0 spiro atoms. The fourth-order valence-electron chi connectivity index (χ4n) is 3.33. The summed E-state index contributed by atoms with van der Waals surface area (Å²) >= 11 is 1.59. The molecule has 0 radical (unpaired) electrons. The van der Waals surface area contributed by atoms with Gasteiger partial charge in [0.1, 0.15) is 6.04 Å². The summed E-state index contributed by atoms with van der Waals surface area (Å²) in [6.45, 7) is 10.4. The molecule has 0 bridgehead atoms. The molecule has 30 heavy (non-hydrogen) atoms. The second-order valence-electron chi connectivity index (χ2n) is 8.08. The predicted octanol–water partition coefficient (Wildman–Crippen LogP) is 4.87. The third kappa shape index (κ3) is 7.52. The van der Waals surface area contributed by atoms with Crippen molar-refractivity contribution in [3.05, 3.63) is 70.8 Å². The molecule has 0 aliphatic heterocycles. The number of hydrogen-bond donors (Lipinski definition) is 1. The number of thioether (sulfide) groups is 1. The molecule has 2 amide bonds. The topological polar surface area (TPSA) is 49.4 Å². The molecule has 0 heterocycles. The number of benzene rings is 2. The minimum atomic E-state index is -0.472. The number of rotatable bonds is 10. The highest BCUT2D eigenvalue weighted by atomic mass is 32.2. The molecular weight excluding hydrogens is 392 g/mol. The van der Waals surface area contributed by atoms with Gasteiger partial charge in [0.2, 0.25) is 11.8 Å². The van der Waals surface area contributed by atoms with E-state index in [1.54, 1.807) is 16.7 Å². The zero-order valence-corrected chi connectivity index (χ0v) is 19.6. The smallest absolute Gasteiger partial charge is 0.243 e. The molecule has 2 aromatic rings. The van der Waals surface area contributed by atoms with Crippen LogP contribution in [0.4, 0.5) is 0 Å². The Labute approximate surface area is 185 Å². The van der Waals surface area contributed by atoms with Crippen molar-refractivity contribution in [2.24, 2.45) is 0 Å². The molecule has 0 fully saturated rings. The fraction of sp³-hybridized carbons (Fsp3) is 0.440. The molecule has 1 N–H and O–H groups in total. The minimum Gasteiger partial charge on any atom is -0.352 e. The Morgan fingerprint density at radius 2 is 1.70 bits per heavy atom. The summed E-state index contributed by atoms with van der Waals surface area (Å²) in [5.41, 5.74) is 4.62. The molecule has 4 nitrogen and oxygen atoms in total. The van der Waals surface area contributed by atoms with Crippen LogP contribution in [0.25, 0.3) is 0 Å². The number of aryl methyl sites for hydroxylation is 2. The van der Waals surface area contributed by atoms with Crippen LogP contribution in [-0.4, -0.2) is 34.6 Å². The van der Waals surface area contributed by atoms with E-state index >= 15 is 0 Å². The second-order valence-corrected chi connectivity index (χ2v) is 9.06. The SMILES string of the molecule is CCC(C(=O)NC(C)C)N(Cc1cccc(C)c1)C(=O)CSCc1ccc(C)cc1. The molecule has 5 heteroatoms. The minimum absolute atomic E-state index is 0.000580. The van der Waals surface area contributed by atoms with Crippen LogP contribution >= 0.6 is 11.8 Å². The summed E-state index contributed by atoms with van der Waals surface area (Å²) < 4.78 is 0. The average molecular weight is 427 g/mol. The van der Waals surface area contributed by atoms with E-state index in [0.29, 0.717) is 18.7 Å². The van der Waals surface area contributed by atoms with Gasteiger partial charge in [0, 0.05) is 18.3 Å². The van der Waals surface area contributed by atoms with Crippen LogP contribution in [0, 0.1) is 13.8 Å². The highest BCUT2D eigenvalue weighted by Gasteiger charge is 2.28. The van der Waals surface area contributed by atoms with E-state index in [9.17, 15) is 9.59 Å². The molecule has 162 valence electrons.